The van der Waals surface area contributed by atoms with Crippen LogP contribution in [0.4, 0.5) is 5.88 Å². The van der Waals surface area contributed by atoms with Crippen LogP contribution < -0.4 is 10.5 Å². The first-order valence-corrected chi connectivity index (χ1v) is 7.11. The van der Waals surface area contributed by atoms with Crippen molar-refractivity contribution >= 4 is 17.5 Å². The van der Waals surface area contributed by atoms with Gasteiger partial charge in [0.1, 0.15) is 5.75 Å². The van der Waals surface area contributed by atoms with Gasteiger partial charge in [0.15, 0.2) is 0 Å². The van der Waals surface area contributed by atoms with Gasteiger partial charge in [0.05, 0.1) is 23.9 Å². The third-order valence-corrected chi connectivity index (χ3v) is 4.46. The Bertz CT molecular complexity index is 664. The predicted molar refractivity (Wildman–Crippen MR) is 79.3 cm³/mol. The zero-order chi connectivity index (χ0) is 14.3. The van der Waals surface area contributed by atoms with E-state index < -0.39 is 0 Å². The lowest BCUT2D eigenvalue weighted by Crippen LogP contribution is -2.09. The van der Waals surface area contributed by atoms with Crippen LogP contribution in [0, 0.1) is 6.92 Å². The second kappa shape index (κ2) is 5.02. The average molecular weight is 293 g/mol. The molecule has 5 heteroatoms. The third-order valence-electron chi connectivity index (χ3n) is 4.06. The Hall–Kier alpha value is -1.68. The SMILES string of the molecule is COc1c(Cl)c2c(c(C)c1-c1cnoc1N)CCCC2. The van der Waals surface area contributed by atoms with Crippen LogP contribution in [0.25, 0.3) is 11.1 Å². The van der Waals surface area contributed by atoms with Crippen molar-refractivity contribution in [3.05, 3.63) is 27.9 Å². The minimum absolute atomic E-state index is 0.290. The highest BCUT2D eigenvalue weighted by Crippen LogP contribution is 2.46. The molecular weight excluding hydrogens is 276 g/mol. The van der Waals surface area contributed by atoms with E-state index in [2.05, 4.69) is 12.1 Å². The van der Waals surface area contributed by atoms with Gasteiger partial charge in [0, 0.05) is 5.56 Å². The number of nitrogen functional groups attached to an aromatic ring is 1. The fraction of sp³-hybridized carbons (Fsp3) is 0.400. The van der Waals surface area contributed by atoms with Crippen LogP contribution in [0.2, 0.25) is 5.02 Å². The van der Waals surface area contributed by atoms with E-state index in [9.17, 15) is 0 Å². The highest BCUT2D eigenvalue weighted by molar-refractivity contribution is 6.33. The van der Waals surface area contributed by atoms with Crippen LogP contribution >= 0.6 is 11.6 Å². The molecule has 3 rings (SSSR count). The summed E-state index contributed by atoms with van der Waals surface area (Å²) in [6.07, 6.45) is 6.03. The summed E-state index contributed by atoms with van der Waals surface area (Å²) >= 11 is 6.56. The summed E-state index contributed by atoms with van der Waals surface area (Å²) in [5.74, 6) is 0.956. The molecule has 1 heterocycles. The molecule has 0 spiro atoms. The number of fused-ring (bicyclic) bond motifs is 1. The molecule has 2 aromatic rings. The van der Waals surface area contributed by atoms with Crippen molar-refractivity contribution in [3.8, 4) is 16.9 Å². The quantitative estimate of drug-likeness (QED) is 0.915. The molecule has 106 valence electrons. The van der Waals surface area contributed by atoms with Crippen molar-refractivity contribution in [2.24, 2.45) is 0 Å². The summed E-state index contributed by atoms with van der Waals surface area (Å²) < 4.78 is 10.5. The Morgan fingerprint density at radius 3 is 2.60 bits per heavy atom. The summed E-state index contributed by atoms with van der Waals surface area (Å²) in [7, 11) is 1.63. The number of aromatic nitrogens is 1. The molecule has 0 radical (unpaired) electrons. The van der Waals surface area contributed by atoms with Crippen LogP contribution in [-0.2, 0) is 12.8 Å². The van der Waals surface area contributed by atoms with Crippen molar-refractivity contribution < 1.29 is 9.26 Å². The van der Waals surface area contributed by atoms with Gasteiger partial charge >= 0.3 is 0 Å². The van der Waals surface area contributed by atoms with E-state index in [0.29, 0.717) is 16.7 Å². The summed E-state index contributed by atoms with van der Waals surface area (Å²) in [4.78, 5) is 0. The number of nitrogens with zero attached hydrogens (tertiary/aromatic N) is 1. The third kappa shape index (κ3) is 1.86. The summed E-state index contributed by atoms with van der Waals surface area (Å²) in [5.41, 5.74) is 11.2. The normalized spacial score (nSPS) is 14.2. The largest absolute Gasteiger partial charge is 0.495 e. The second-order valence-electron chi connectivity index (χ2n) is 5.12. The lowest BCUT2D eigenvalue weighted by molar-refractivity contribution is 0.415. The first-order chi connectivity index (χ1) is 9.65. The van der Waals surface area contributed by atoms with Gasteiger partial charge in [0.25, 0.3) is 0 Å². The monoisotopic (exact) mass is 292 g/mol. The molecular formula is C15H17ClN2O2. The van der Waals surface area contributed by atoms with E-state index in [1.54, 1.807) is 13.3 Å². The Balaban J connectivity index is 2.34. The van der Waals surface area contributed by atoms with Crippen LogP contribution in [0.15, 0.2) is 10.7 Å². The number of anilines is 1. The van der Waals surface area contributed by atoms with Crippen LogP contribution in [0.5, 0.6) is 5.75 Å². The molecule has 1 aliphatic rings. The molecule has 0 atom stereocenters. The average Bonchev–Trinajstić information content (AvgIpc) is 2.88. The van der Waals surface area contributed by atoms with E-state index in [1.807, 2.05) is 0 Å². The van der Waals surface area contributed by atoms with Gasteiger partial charge in [-0.25, -0.2) is 0 Å². The number of benzene rings is 1. The number of methoxy groups -OCH3 is 1. The maximum Gasteiger partial charge on any atom is 0.230 e. The van der Waals surface area contributed by atoms with Crippen molar-refractivity contribution in [2.45, 2.75) is 32.6 Å². The van der Waals surface area contributed by atoms with Gasteiger partial charge in [-0.1, -0.05) is 16.8 Å². The highest BCUT2D eigenvalue weighted by atomic mass is 35.5. The first-order valence-electron chi connectivity index (χ1n) is 6.73. The number of hydrogen-bond acceptors (Lipinski definition) is 4. The van der Waals surface area contributed by atoms with Gasteiger partial charge in [-0.15, -0.1) is 0 Å². The Morgan fingerprint density at radius 2 is 2.00 bits per heavy atom. The van der Waals surface area contributed by atoms with Crippen molar-refractivity contribution in [1.82, 2.24) is 5.16 Å². The number of hydrogen-bond donors (Lipinski definition) is 1. The fourth-order valence-electron chi connectivity index (χ4n) is 3.08. The Kier molecular flexibility index (Phi) is 3.34. The standard InChI is InChI=1S/C15H17ClN2O2/c1-8-9-5-3-4-6-10(9)13(16)14(19-2)12(8)11-7-18-20-15(11)17/h7H,3-6,17H2,1-2H3. The Labute approximate surface area is 122 Å². The lowest BCUT2D eigenvalue weighted by atomic mass is 9.84. The molecule has 0 saturated carbocycles. The van der Waals surface area contributed by atoms with Crippen LogP contribution in [0.3, 0.4) is 0 Å². The van der Waals surface area contributed by atoms with Gasteiger partial charge in [-0.2, -0.15) is 0 Å². The number of halogens is 1. The molecule has 0 aliphatic heterocycles. The molecule has 1 aromatic heterocycles. The Morgan fingerprint density at radius 1 is 1.30 bits per heavy atom. The number of ether oxygens (including phenoxy) is 1. The number of nitrogens with two attached hydrogens (primary N) is 1. The molecule has 0 fully saturated rings. The van der Waals surface area contributed by atoms with Gasteiger partial charge < -0.3 is 15.0 Å². The van der Waals surface area contributed by atoms with E-state index >= 15 is 0 Å². The van der Waals surface area contributed by atoms with Gasteiger partial charge in [-0.3, -0.25) is 0 Å². The van der Waals surface area contributed by atoms with Crippen LogP contribution in [0.1, 0.15) is 29.5 Å². The summed E-state index contributed by atoms with van der Waals surface area (Å²) in [6.45, 7) is 2.09. The number of rotatable bonds is 2. The molecule has 0 amide bonds. The van der Waals surface area contributed by atoms with Gasteiger partial charge in [0.2, 0.25) is 5.88 Å². The predicted octanol–water partition coefficient (Wildman–Crippen LogP) is 3.77. The van der Waals surface area contributed by atoms with E-state index in [0.717, 1.165) is 29.5 Å². The zero-order valence-corrected chi connectivity index (χ0v) is 12.4. The molecule has 0 bridgehead atoms. The molecule has 0 unspecified atom stereocenters. The maximum atomic E-state index is 6.56. The maximum absolute atomic E-state index is 6.56. The topological polar surface area (TPSA) is 61.3 Å². The first kappa shape index (κ1) is 13.3. The van der Waals surface area contributed by atoms with E-state index in [-0.39, 0.29) is 0 Å². The molecule has 2 N–H and O–H groups in total. The fourth-order valence-corrected chi connectivity index (χ4v) is 3.46. The van der Waals surface area contributed by atoms with Gasteiger partial charge in [-0.05, 0) is 49.3 Å². The summed E-state index contributed by atoms with van der Waals surface area (Å²) in [6, 6.07) is 0. The van der Waals surface area contributed by atoms with Crippen molar-refractivity contribution in [1.29, 1.82) is 0 Å². The highest BCUT2D eigenvalue weighted by Gasteiger charge is 2.26. The van der Waals surface area contributed by atoms with E-state index in [1.165, 1.54) is 24.0 Å². The second-order valence-corrected chi connectivity index (χ2v) is 5.49. The molecule has 0 saturated heterocycles. The summed E-state index contributed by atoms with van der Waals surface area (Å²) in [5, 5.41) is 4.46. The van der Waals surface area contributed by atoms with Crippen LogP contribution in [-0.4, -0.2) is 12.3 Å². The zero-order valence-electron chi connectivity index (χ0n) is 11.6. The minimum atomic E-state index is 0.290. The van der Waals surface area contributed by atoms with Crippen molar-refractivity contribution in [3.63, 3.8) is 0 Å². The molecule has 4 nitrogen and oxygen atoms in total. The molecule has 1 aromatic carbocycles. The molecule has 20 heavy (non-hydrogen) atoms. The van der Waals surface area contributed by atoms with E-state index in [4.69, 9.17) is 26.6 Å². The van der Waals surface area contributed by atoms with Crippen molar-refractivity contribution in [2.75, 3.05) is 12.8 Å². The minimum Gasteiger partial charge on any atom is -0.495 e. The smallest absolute Gasteiger partial charge is 0.230 e. The lowest BCUT2D eigenvalue weighted by Gasteiger charge is -2.24. The molecule has 1 aliphatic carbocycles.